The van der Waals surface area contributed by atoms with Crippen molar-refractivity contribution in [3.63, 3.8) is 0 Å². The summed E-state index contributed by atoms with van der Waals surface area (Å²) in [6.45, 7) is 1.60. The van der Waals surface area contributed by atoms with Gasteiger partial charge >= 0.3 is 0 Å². The van der Waals surface area contributed by atoms with Crippen molar-refractivity contribution in [3.8, 4) is 0 Å². The Morgan fingerprint density at radius 3 is 2.86 bits per heavy atom. The van der Waals surface area contributed by atoms with Crippen LogP contribution in [0.4, 0.5) is 10.1 Å². The van der Waals surface area contributed by atoms with Crippen LogP contribution in [-0.4, -0.2) is 6.54 Å². The van der Waals surface area contributed by atoms with Crippen molar-refractivity contribution in [2.75, 3.05) is 12.3 Å². The summed E-state index contributed by atoms with van der Waals surface area (Å²) in [4.78, 5) is 0. The smallest absolute Gasteiger partial charge is 0.129 e. The molecule has 1 aliphatic rings. The molecule has 3 N–H and O–H groups in total. The summed E-state index contributed by atoms with van der Waals surface area (Å²) in [7, 11) is 0. The van der Waals surface area contributed by atoms with Crippen molar-refractivity contribution in [2.24, 2.45) is 5.92 Å². The molecular formula is C11H15FN2. The monoisotopic (exact) mass is 194 g/mol. The second-order valence-electron chi connectivity index (χ2n) is 3.93. The molecule has 1 fully saturated rings. The lowest BCUT2D eigenvalue weighted by Gasteiger charge is -2.05. The molecular weight excluding hydrogens is 179 g/mol. The lowest BCUT2D eigenvalue weighted by Crippen LogP contribution is -2.16. The molecule has 0 spiro atoms. The normalized spacial score (nSPS) is 15.8. The molecule has 2 rings (SSSR count). The zero-order chi connectivity index (χ0) is 9.97. The van der Waals surface area contributed by atoms with Gasteiger partial charge in [0.15, 0.2) is 0 Å². The third kappa shape index (κ3) is 2.45. The number of hydrogen-bond acceptors (Lipinski definition) is 2. The van der Waals surface area contributed by atoms with Crippen LogP contribution in [0.2, 0.25) is 0 Å². The highest BCUT2D eigenvalue weighted by Crippen LogP contribution is 2.27. The maximum atomic E-state index is 13.3. The second-order valence-corrected chi connectivity index (χ2v) is 3.93. The Balaban J connectivity index is 1.87. The molecule has 0 saturated heterocycles. The van der Waals surface area contributed by atoms with E-state index in [1.165, 1.54) is 18.9 Å². The minimum Gasteiger partial charge on any atom is -0.399 e. The van der Waals surface area contributed by atoms with Crippen LogP contribution in [0.15, 0.2) is 18.2 Å². The van der Waals surface area contributed by atoms with Crippen LogP contribution in [0.25, 0.3) is 0 Å². The first-order chi connectivity index (χ1) is 6.75. The Morgan fingerprint density at radius 2 is 2.21 bits per heavy atom. The third-order valence-electron chi connectivity index (χ3n) is 2.52. The maximum Gasteiger partial charge on any atom is 0.129 e. The van der Waals surface area contributed by atoms with E-state index < -0.39 is 0 Å². The van der Waals surface area contributed by atoms with Crippen LogP contribution in [0.5, 0.6) is 0 Å². The first-order valence-electron chi connectivity index (χ1n) is 5.00. The minimum absolute atomic E-state index is 0.215. The highest BCUT2D eigenvalue weighted by atomic mass is 19.1. The Kier molecular flexibility index (Phi) is 2.68. The molecule has 0 bridgehead atoms. The van der Waals surface area contributed by atoms with E-state index in [9.17, 15) is 4.39 Å². The van der Waals surface area contributed by atoms with Gasteiger partial charge in [0.05, 0.1) is 0 Å². The van der Waals surface area contributed by atoms with Gasteiger partial charge in [0.1, 0.15) is 5.82 Å². The average molecular weight is 194 g/mol. The molecule has 0 unspecified atom stereocenters. The number of benzene rings is 1. The molecule has 14 heavy (non-hydrogen) atoms. The topological polar surface area (TPSA) is 38.0 Å². The summed E-state index contributed by atoms with van der Waals surface area (Å²) in [6, 6.07) is 4.84. The Bertz CT molecular complexity index is 321. The fourth-order valence-corrected chi connectivity index (χ4v) is 1.44. The third-order valence-corrected chi connectivity index (χ3v) is 2.52. The van der Waals surface area contributed by atoms with E-state index >= 15 is 0 Å². The predicted octanol–water partition coefficient (Wildman–Crippen LogP) is 1.91. The van der Waals surface area contributed by atoms with E-state index in [0.717, 1.165) is 12.5 Å². The molecule has 1 aliphatic carbocycles. The number of anilines is 1. The Hall–Kier alpha value is -1.09. The number of halogens is 1. The SMILES string of the molecule is Nc1ccc(CNCC2CC2)c(F)c1. The summed E-state index contributed by atoms with van der Waals surface area (Å²) in [5, 5.41) is 3.24. The standard InChI is InChI=1S/C11H15FN2/c12-11-5-10(13)4-3-9(11)7-14-6-8-1-2-8/h3-5,8,14H,1-2,6-7,13H2. The number of rotatable bonds is 4. The lowest BCUT2D eigenvalue weighted by molar-refractivity contribution is 0.578. The van der Waals surface area contributed by atoms with Crippen molar-refractivity contribution in [1.29, 1.82) is 0 Å². The van der Waals surface area contributed by atoms with Crippen LogP contribution in [0.1, 0.15) is 18.4 Å². The van der Waals surface area contributed by atoms with E-state index in [-0.39, 0.29) is 5.82 Å². The molecule has 0 aromatic heterocycles. The fourth-order valence-electron chi connectivity index (χ4n) is 1.44. The van der Waals surface area contributed by atoms with Crippen molar-refractivity contribution >= 4 is 5.69 Å². The molecule has 3 heteroatoms. The summed E-state index contributed by atoms with van der Waals surface area (Å²) < 4.78 is 13.3. The van der Waals surface area contributed by atoms with Crippen LogP contribution in [0.3, 0.4) is 0 Å². The van der Waals surface area contributed by atoms with Crippen molar-refractivity contribution in [3.05, 3.63) is 29.6 Å². The molecule has 0 aliphatic heterocycles. The quantitative estimate of drug-likeness (QED) is 0.718. The molecule has 1 aromatic carbocycles. The van der Waals surface area contributed by atoms with Crippen LogP contribution < -0.4 is 11.1 Å². The summed E-state index contributed by atoms with van der Waals surface area (Å²) >= 11 is 0. The van der Waals surface area contributed by atoms with E-state index in [4.69, 9.17) is 5.73 Å². The number of hydrogen-bond donors (Lipinski definition) is 2. The van der Waals surface area contributed by atoms with Gasteiger partial charge in [0, 0.05) is 17.8 Å². The minimum atomic E-state index is -0.215. The highest BCUT2D eigenvalue weighted by molar-refractivity contribution is 5.40. The van der Waals surface area contributed by atoms with E-state index in [0.29, 0.717) is 17.8 Å². The zero-order valence-corrected chi connectivity index (χ0v) is 8.09. The summed E-state index contributed by atoms with van der Waals surface area (Å²) in [5.74, 6) is 0.611. The van der Waals surface area contributed by atoms with Gasteiger partial charge in [-0.25, -0.2) is 4.39 Å². The van der Waals surface area contributed by atoms with Crippen molar-refractivity contribution in [2.45, 2.75) is 19.4 Å². The molecule has 0 heterocycles. The van der Waals surface area contributed by atoms with Gasteiger partial charge in [-0.2, -0.15) is 0 Å². The summed E-state index contributed by atoms with van der Waals surface area (Å²) in [5.41, 5.74) is 6.63. The first kappa shape index (κ1) is 9.46. The van der Waals surface area contributed by atoms with Gasteiger partial charge in [0.25, 0.3) is 0 Å². The number of nitrogens with two attached hydrogens (primary N) is 1. The van der Waals surface area contributed by atoms with Gasteiger partial charge < -0.3 is 11.1 Å². The van der Waals surface area contributed by atoms with Gasteiger partial charge in [-0.15, -0.1) is 0 Å². The first-order valence-corrected chi connectivity index (χ1v) is 5.00. The summed E-state index contributed by atoms with van der Waals surface area (Å²) in [6.07, 6.45) is 2.63. The molecule has 1 aromatic rings. The van der Waals surface area contributed by atoms with Crippen molar-refractivity contribution in [1.82, 2.24) is 5.32 Å². The molecule has 76 valence electrons. The molecule has 0 atom stereocenters. The van der Waals surface area contributed by atoms with E-state index in [2.05, 4.69) is 5.32 Å². The van der Waals surface area contributed by atoms with Crippen LogP contribution >= 0.6 is 0 Å². The highest BCUT2D eigenvalue weighted by Gasteiger charge is 2.20. The Labute approximate surface area is 83.3 Å². The van der Waals surface area contributed by atoms with E-state index in [1.807, 2.05) is 0 Å². The lowest BCUT2D eigenvalue weighted by atomic mass is 10.2. The van der Waals surface area contributed by atoms with Gasteiger partial charge in [-0.1, -0.05) is 6.07 Å². The average Bonchev–Trinajstić information content (AvgIpc) is 2.92. The second kappa shape index (κ2) is 3.96. The molecule has 1 saturated carbocycles. The molecule has 0 amide bonds. The van der Waals surface area contributed by atoms with Gasteiger partial charge in [-0.05, 0) is 37.4 Å². The van der Waals surface area contributed by atoms with Crippen LogP contribution in [-0.2, 0) is 6.54 Å². The zero-order valence-electron chi connectivity index (χ0n) is 8.09. The van der Waals surface area contributed by atoms with Crippen LogP contribution in [0, 0.1) is 11.7 Å². The van der Waals surface area contributed by atoms with Gasteiger partial charge in [0.2, 0.25) is 0 Å². The Morgan fingerprint density at radius 1 is 1.43 bits per heavy atom. The number of nitrogens with one attached hydrogen (secondary N) is 1. The van der Waals surface area contributed by atoms with Crippen molar-refractivity contribution < 1.29 is 4.39 Å². The number of nitrogen functional groups attached to an aromatic ring is 1. The van der Waals surface area contributed by atoms with Gasteiger partial charge in [-0.3, -0.25) is 0 Å². The maximum absolute atomic E-state index is 13.3. The molecule has 0 radical (unpaired) electrons. The largest absolute Gasteiger partial charge is 0.399 e. The predicted molar refractivity (Wildman–Crippen MR) is 55.2 cm³/mol. The van der Waals surface area contributed by atoms with E-state index in [1.54, 1.807) is 12.1 Å². The molecule has 2 nitrogen and oxygen atoms in total. The fraction of sp³-hybridized carbons (Fsp3) is 0.455.